The molecule has 0 N–H and O–H groups in total. The number of azide groups is 1. The molecule has 1 aliphatic rings. The van der Waals surface area contributed by atoms with Crippen molar-refractivity contribution in [2.75, 3.05) is 0 Å². The van der Waals surface area contributed by atoms with Crippen LogP contribution in [0.5, 0.6) is 5.75 Å². The molecule has 0 saturated heterocycles. The molecule has 0 saturated carbocycles. The Morgan fingerprint density at radius 3 is 2.85 bits per heavy atom. The Balaban J connectivity index is 1.93. The number of hydrogen-bond donors (Lipinski definition) is 0. The van der Waals surface area contributed by atoms with Crippen molar-refractivity contribution in [2.45, 2.75) is 25.1 Å². The van der Waals surface area contributed by atoms with Crippen molar-refractivity contribution in [2.24, 2.45) is 5.11 Å². The highest BCUT2D eigenvalue weighted by Crippen LogP contribution is 2.46. The van der Waals surface area contributed by atoms with Crippen LogP contribution < -0.4 is 4.74 Å². The van der Waals surface area contributed by atoms with Crippen LogP contribution in [0.4, 0.5) is 13.2 Å². The van der Waals surface area contributed by atoms with Gasteiger partial charge >= 0.3 is 6.61 Å². The van der Waals surface area contributed by atoms with Crippen molar-refractivity contribution in [3.63, 3.8) is 0 Å². The second-order valence-electron chi connectivity index (χ2n) is 5.98. The molecule has 3 aromatic rings. The summed E-state index contributed by atoms with van der Waals surface area (Å²) in [5.74, 6) is 0.0165. The lowest BCUT2D eigenvalue weighted by atomic mass is 10.0. The number of hydrogen-bond acceptors (Lipinski definition) is 3. The van der Waals surface area contributed by atoms with Gasteiger partial charge in [0.05, 0.1) is 27.6 Å². The van der Waals surface area contributed by atoms with Crippen LogP contribution in [0.3, 0.4) is 0 Å². The van der Waals surface area contributed by atoms with Gasteiger partial charge in [-0.05, 0) is 40.0 Å². The van der Waals surface area contributed by atoms with Crippen LogP contribution >= 0.6 is 15.9 Å². The lowest BCUT2D eigenvalue weighted by molar-refractivity contribution is -0.0506. The minimum atomic E-state index is -2.97. The molecule has 0 spiro atoms. The highest BCUT2D eigenvalue weighted by Gasteiger charge is 2.36. The van der Waals surface area contributed by atoms with E-state index in [9.17, 15) is 13.2 Å². The fraction of sp³-hybridized carbons (Fsp3) is 0.235. The van der Waals surface area contributed by atoms with Crippen LogP contribution in [0.1, 0.15) is 29.9 Å². The second-order valence-corrected chi connectivity index (χ2v) is 6.84. The largest absolute Gasteiger partial charge is 0.434 e. The Morgan fingerprint density at radius 1 is 1.33 bits per heavy atom. The zero-order valence-electron chi connectivity index (χ0n) is 13.6. The van der Waals surface area contributed by atoms with E-state index in [0.717, 1.165) is 0 Å². The summed E-state index contributed by atoms with van der Waals surface area (Å²) >= 11 is 3.16. The first kappa shape index (κ1) is 17.7. The van der Waals surface area contributed by atoms with Crippen LogP contribution in [-0.4, -0.2) is 16.2 Å². The molecule has 1 aromatic heterocycles. The molecule has 0 bridgehead atoms. The lowest BCUT2D eigenvalue weighted by Crippen LogP contribution is -2.10. The average Bonchev–Trinajstić information content (AvgIpc) is 3.14. The zero-order valence-corrected chi connectivity index (χ0v) is 15.1. The van der Waals surface area contributed by atoms with Gasteiger partial charge in [0.1, 0.15) is 17.4 Å². The molecular formula is C17H11BrF3N5O. The Hall–Kier alpha value is -2.71. The first-order chi connectivity index (χ1) is 13.0. The van der Waals surface area contributed by atoms with Crippen molar-refractivity contribution >= 4 is 27.0 Å². The first-order valence-electron chi connectivity index (χ1n) is 7.94. The summed E-state index contributed by atoms with van der Waals surface area (Å²) in [6.07, 6.45) is 0.334. The molecule has 0 amide bonds. The molecule has 1 unspecified atom stereocenters. The fourth-order valence-corrected chi connectivity index (χ4v) is 3.81. The maximum absolute atomic E-state index is 13.9. The van der Waals surface area contributed by atoms with Gasteiger partial charge in [-0.3, -0.25) is 0 Å². The van der Waals surface area contributed by atoms with Crippen molar-refractivity contribution < 1.29 is 17.9 Å². The van der Waals surface area contributed by atoms with Crippen molar-refractivity contribution in [3.05, 3.63) is 68.5 Å². The summed E-state index contributed by atoms with van der Waals surface area (Å²) in [7, 11) is 0. The van der Waals surface area contributed by atoms with E-state index in [0.29, 0.717) is 28.8 Å². The van der Waals surface area contributed by atoms with E-state index in [2.05, 4.69) is 35.7 Å². The SMILES string of the molecule is [N-]=[N+]=NC1C[C@@H](c2ccccc2OC(F)F)n2c1nc1cc(F)c(Br)cc12. The standard InChI is InChI=1S/C17H11BrF3N5O/c18-9-5-14-11(6-10(9)19)23-16-12(24-25-22)7-13(26(14)16)8-3-1-2-4-15(8)27-17(20)21/h1-6,12-13,17H,7H2/t12?,13-/m0/s1. The smallest absolute Gasteiger partial charge is 0.387 e. The molecule has 2 aromatic carbocycles. The predicted molar refractivity (Wildman–Crippen MR) is 95.1 cm³/mol. The summed E-state index contributed by atoms with van der Waals surface area (Å²) in [4.78, 5) is 7.27. The Kier molecular flexibility index (Phi) is 4.45. The number of para-hydroxylation sites is 1. The number of halogens is 4. The van der Waals surface area contributed by atoms with Gasteiger partial charge in [-0.2, -0.15) is 8.78 Å². The van der Waals surface area contributed by atoms with Crippen LogP contribution in [-0.2, 0) is 0 Å². The van der Waals surface area contributed by atoms with Crippen molar-refractivity contribution in [3.8, 4) is 5.75 Å². The highest BCUT2D eigenvalue weighted by molar-refractivity contribution is 9.10. The maximum Gasteiger partial charge on any atom is 0.387 e. The maximum atomic E-state index is 13.9. The Labute approximate surface area is 159 Å². The number of benzene rings is 2. The molecule has 4 rings (SSSR count). The third-order valence-electron chi connectivity index (χ3n) is 4.50. The van der Waals surface area contributed by atoms with E-state index in [1.54, 1.807) is 28.8 Å². The molecule has 138 valence electrons. The first-order valence-corrected chi connectivity index (χ1v) is 8.73. The summed E-state index contributed by atoms with van der Waals surface area (Å²) < 4.78 is 46.2. The summed E-state index contributed by atoms with van der Waals surface area (Å²) in [5.41, 5.74) is 10.4. The van der Waals surface area contributed by atoms with E-state index in [1.165, 1.54) is 12.1 Å². The molecule has 2 atom stereocenters. The number of ether oxygens (including phenoxy) is 1. The topological polar surface area (TPSA) is 75.8 Å². The fourth-order valence-electron chi connectivity index (χ4n) is 3.48. The van der Waals surface area contributed by atoms with Gasteiger partial charge in [0, 0.05) is 16.5 Å². The van der Waals surface area contributed by atoms with E-state index in [1.807, 2.05) is 0 Å². The second kappa shape index (κ2) is 6.79. The number of fused-ring (bicyclic) bond motifs is 3. The van der Waals surface area contributed by atoms with Crippen molar-refractivity contribution in [1.29, 1.82) is 0 Å². The zero-order chi connectivity index (χ0) is 19.1. The van der Waals surface area contributed by atoms with Gasteiger partial charge < -0.3 is 9.30 Å². The molecule has 0 radical (unpaired) electrons. The van der Waals surface area contributed by atoms with E-state index in [4.69, 9.17) is 5.53 Å². The highest BCUT2D eigenvalue weighted by atomic mass is 79.9. The Bertz CT molecular complexity index is 1080. The molecule has 2 heterocycles. The van der Waals surface area contributed by atoms with Crippen molar-refractivity contribution in [1.82, 2.24) is 9.55 Å². The van der Waals surface area contributed by atoms with Crippen LogP contribution in [0.25, 0.3) is 21.5 Å². The van der Waals surface area contributed by atoms with Gasteiger partial charge in [-0.25, -0.2) is 9.37 Å². The summed E-state index contributed by atoms with van der Waals surface area (Å²) in [6, 6.07) is 8.23. The number of alkyl halides is 2. The predicted octanol–water partition coefficient (Wildman–Crippen LogP) is 5.88. The minimum Gasteiger partial charge on any atom is -0.434 e. The normalized spacial score (nSPS) is 18.6. The third-order valence-corrected chi connectivity index (χ3v) is 5.11. The van der Waals surface area contributed by atoms with Gasteiger partial charge in [0.25, 0.3) is 0 Å². The summed E-state index contributed by atoms with van der Waals surface area (Å²) in [6.45, 7) is -2.97. The number of nitrogens with zero attached hydrogens (tertiary/aromatic N) is 5. The molecular weight excluding hydrogens is 427 g/mol. The van der Waals surface area contributed by atoms with Gasteiger partial charge in [-0.15, -0.1) is 0 Å². The number of rotatable bonds is 4. The number of aromatic nitrogens is 2. The van der Waals surface area contributed by atoms with Crippen LogP contribution in [0, 0.1) is 5.82 Å². The number of imidazole rings is 1. The third kappa shape index (κ3) is 3.00. The monoisotopic (exact) mass is 437 g/mol. The van der Waals surface area contributed by atoms with E-state index < -0.39 is 24.5 Å². The van der Waals surface area contributed by atoms with E-state index >= 15 is 0 Å². The molecule has 6 nitrogen and oxygen atoms in total. The molecule has 10 heteroatoms. The molecule has 27 heavy (non-hydrogen) atoms. The van der Waals surface area contributed by atoms with Crippen LogP contribution in [0.15, 0.2) is 46.0 Å². The molecule has 0 fully saturated rings. The quantitative estimate of drug-likeness (QED) is 0.290. The Morgan fingerprint density at radius 2 is 2.11 bits per heavy atom. The molecule has 1 aliphatic heterocycles. The lowest BCUT2D eigenvalue weighted by Gasteiger charge is -2.19. The minimum absolute atomic E-state index is 0.0352. The van der Waals surface area contributed by atoms with Gasteiger partial charge in [-0.1, -0.05) is 23.3 Å². The van der Waals surface area contributed by atoms with Gasteiger partial charge in [0.15, 0.2) is 0 Å². The van der Waals surface area contributed by atoms with Crippen LogP contribution in [0.2, 0.25) is 0 Å². The van der Waals surface area contributed by atoms with E-state index in [-0.39, 0.29) is 10.2 Å². The molecule has 0 aliphatic carbocycles. The summed E-state index contributed by atoms with van der Waals surface area (Å²) in [5, 5.41) is 3.77. The average molecular weight is 438 g/mol. The van der Waals surface area contributed by atoms with Gasteiger partial charge in [0.2, 0.25) is 0 Å².